The van der Waals surface area contributed by atoms with Gasteiger partial charge in [0.2, 0.25) is 0 Å². The molecular formula is C20H17FeO3-. The summed E-state index contributed by atoms with van der Waals surface area (Å²) in [6, 6.07) is 15.0. The van der Waals surface area contributed by atoms with E-state index in [4.69, 9.17) is 4.74 Å². The van der Waals surface area contributed by atoms with Gasteiger partial charge in [-0.2, -0.15) is 18.2 Å². The van der Waals surface area contributed by atoms with Crippen molar-refractivity contribution in [2.24, 2.45) is 0 Å². The van der Waals surface area contributed by atoms with Gasteiger partial charge in [-0.1, -0.05) is 30.9 Å². The first-order valence-electron chi connectivity index (χ1n) is 7.09. The molecule has 0 atom stereocenters. The number of carbonyl (C=O) groups is 1. The SMILES string of the molecule is C=Cc1ccc(OC(O)=C2C=CC=C2)c(C=O)c1.[Fe].c1cc[cH-]c1. The van der Waals surface area contributed by atoms with Gasteiger partial charge < -0.3 is 9.84 Å². The third kappa shape index (κ3) is 5.50. The van der Waals surface area contributed by atoms with Gasteiger partial charge in [0.15, 0.2) is 6.29 Å². The third-order valence-electron chi connectivity index (χ3n) is 3.07. The Balaban J connectivity index is 0.000000412. The molecule has 124 valence electrons. The summed E-state index contributed by atoms with van der Waals surface area (Å²) in [5.74, 6) is 0.0868. The average molecular weight is 361 g/mol. The molecule has 0 radical (unpaired) electrons. The Morgan fingerprint density at radius 1 is 1.17 bits per heavy atom. The summed E-state index contributed by atoms with van der Waals surface area (Å²) in [7, 11) is 0. The van der Waals surface area contributed by atoms with Gasteiger partial charge in [0.05, 0.1) is 11.1 Å². The molecule has 0 bridgehead atoms. The van der Waals surface area contributed by atoms with E-state index in [9.17, 15) is 9.90 Å². The van der Waals surface area contributed by atoms with Crippen molar-refractivity contribution in [1.82, 2.24) is 0 Å². The van der Waals surface area contributed by atoms with Crippen molar-refractivity contribution in [2.75, 3.05) is 0 Å². The van der Waals surface area contributed by atoms with Gasteiger partial charge >= 0.3 is 0 Å². The van der Waals surface area contributed by atoms with Crippen molar-refractivity contribution < 1.29 is 31.7 Å². The van der Waals surface area contributed by atoms with Gasteiger partial charge in [-0.15, -0.1) is 0 Å². The van der Waals surface area contributed by atoms with Crippen LogP contribution in [0.2, 0.25) is 0 Å². The molecule has 0 spiro atoms. The van der Waals surface area contributed by atoms with Gasteiger partial charge in [-0.3, -0.25) is 4.79 Å². The molecule has 0 unspecified atom stereocenters. The number of ether oxygens (including phenoxy) is 1. The molecule has 0 aliphatic heterocycles. The summed E-state index contributed by atoms with van der Waals surface area (Å²) < 4.78 is 5.29. The second kappa shape index (κ2) is 10.2. The van der Waals surface area contributed by atoms with Crippen LogP contribution >= 0.6 is 0 Å². The van der Waals surface area contributed by atoms with E-state index in [1.54, 1.807) is 48.6 Å². The van der Waals surface area contributed by atoms with E-state index in [-0.39, 0.29) is 23.0 Å². The van der Waals surface area contributed by atoms with E-state index in [1.165, 1.54) is 0 Å². The minimum absolute atomic E-state index is 0. The van der Waals surface area contributed by atoms with Crippen molar-refractivity contribution in [2.45, 2.75) is 0 Å². The maximum Gasteiger partial charge on any atom is 0.289 e. The minimum Gasteiger partial charge on any atom is -0.480 e. The molecule has 2 aromatic carbocycles. The van der Waals surface area contributed by atoms with E-state index in [0.29, 0.717) is 23.2 Å². The number of hydrogen-bond acceptors (Lipinski definition) is 3. The molecule has 0 aromatic heterocycles. The number of aliphatic hydroxyl groups excluding tert-OH is 1. The maximum atomic E-state index is 11.0. The molecule has 4 heteroatoms. The first-order valence-corrected chi connectivity index (χ1v) is 7.09. The third-order valence-corrected chi connectivity index (χ3v) is 3.07. The second-order valence-corrected chi connectivity index (χ2v) is 4.66. The van der Waals surface area contributed by atoms with Crippen LogP contribution in [0.3, 0.4) is 0 Å². The summed E-state index contributed by atoms with van der Waals surface area (Å²) in [5, 5.41) is 9.77. The van der Waals surface area contributed by atoms with E-state index >= 15 is 0 Å². The van der Waals surface area contributed by atoms with E-state index in [1.807, 2.05) is 30.3 Å². The Labute approximate surface area is 152 Å². The second-order valence-electron chi connectivity index (χ2n) is 4.66. The van der Waals surface area contributed by atoms with E-state index in [0.717, 1.165) is 5.56 Å². The molecule has 3 rings (SSSR count). The molecule has 3 nitrogen and oxygen atoms in total. The zero-order valence-corrected chi connectivity index (χ0v) is 14.0. The molecule has 0 saturated carbocycles. The Bertz CT molecular complexity index is 722. The van der Waals surface area contributed by atoms with Crippen molar-refractivity contribution in [3.63, 3.8) is 0 Å². The van der Waals surface area contributed by atoms with Crippen LogP contribution in [0.25, 0.3) is 6.08 Å². The van der Waals surface area contributed by atoms with Crippen molar-refractivity contribution in [3.8, 4) is 5.75 Å². The van der Waals surface area contributed by atoms with Crippen LogP contribution in [0.15, 0.2) is 90.9 Å². The Morgan fingerprint density at radius 3 is 2.33 bits per heavy atom. The fourth-order valence-electron chi connectivity index (χ4n) is 1.88. The monoisotopic (exact) mass is 361 g/mol. The number of aldehydes is 1. The molecule has 1 aliphatic rings. The van der Waals surface area contributed by atoms with Crippen LogP contribution in [0, 0.1) is 0 Å². The summed E-state index contributed by atoms with van der Waals surface area (Å²) >= 11 is 0. The molecule has 0 heterocycles. The van der Waals surface area contributed by atoms with Crippen molar-refractivity contribution in [3.05, 3.63) is 102 Å². The number of allylic oxidation sites excluding steroid dienone is 5. The molecule has 1 aliphatic carbocycles. The van der Waals surface area contributed by atoms with Crippen LogP contribution in [-0.4, -0.2) is 11.4 Å². The molecule has 0 saturated heterocycles. The quantitative estimate of drug-likeness (QED) is 0.368. The topological polar surface area (TPSA) is 46.5 Å². The largest absolute Gasteiger partial charge is 0.480 e. The van der Waals surface area contributed by atoms with Crippen molar-refractivity contribution >= 4 is 12.4 Å². The first-order chi connectivity index (χ1) is 11.2. The van der Waals surface area contributed by atoms with Crippen LogP contribution in [0.1, 0.15) is 15.9 Å². The molecule has 2 aromatic rings. The summed E-state index contributed by atoms with van der Waals surface area (Å²) in [5.41, 5.74) is 1.75. The van der Waals surface area contributed by atoms with Gasteiger partial charge in [0.1, 0.15) is 5.75 Å². The summed E-state index contributed by atoms with van der Waals surface area (Å²) in [6.45, 7) is 3.63. The van der Waals surface area contributed by atoms with Crippen LogP contribution in [-0.2, 0) is 17.1 Å². The minimum atomic E-state index is -0.227. The fourth-order valence-corrected chi connectivity index (χ4v) is 1.88. The van der Waals surface area contributed by atoms with Gasteiger partial charge in [0, 0.05) is 17.1 Å². The number of carbonyl (C=O) groups excluding carboxylic acids is 1. The molecular weight excluding hydrogens is 344 g/mol. The number of benzene rings is 1. The van der Waals surface area contributed by atoms with Gasteiger partial charge in [0.25, 0.3) is 5.95 Å². The standard InChI is InChI=1S/C15H12O3.C5H5.Fe/c1-2-11-7-8-14(13(9-11)10-16)18-15(17)12-5-3-4-6-12;1-2-4-5-3-1;/h2-10,17H,1H2;1-5H;/q;-1;. The smallest absolute Gasteiger partial charge is 0.289 e. The Kier molecular flexibility index (Phi) is 8.20. The van der Waals surface area contributed by atoms with Crippen LogP contribution < -0.4 is 4.74 Å². The molecule has 24 heavy (non-hydrogen) atoms. The Morgan fingerprint density at radius 2 is 1.83 bits per heavy atom. The molecule has 1 N–H and O–H groups in total. The zero-order valence-electron chi connectivity index (χ0n) is 12.9. The Hall–Kier alpha value is -2.68. The van der Waals surface area contributed by atoms with Gasteiger partial charge in [-0.05, 0) is 29.8 Å². The summed E-state index contributed by atoms with van der Waals surface area (Å²) in [4.78, 5) is 11.0. The molecule has 0 amide bonds. The predicted octanol–water partition coefficient (Wildman–Crippen LogP) is 4.82. The summed E-state index contributed by atoms with van der Waals surface area (Å²) in [6.07, 6.45) is 9.33. The normalized spacial score (nSPS) is 11.1. The zero-order chi connectivity index (χ0) is 16.5. The fraction of sp³-hybridized carbons (Fsp3) is 0. The predicted molar refractivity (Wildman–Crippen MR) is 92.5 cm³/mol. The maximum absolute atomic E-state index is 11.0. The number of aliphatic hydroxyl groups is 1. The van der Waals surface area contributed by atoms with Crippen molar-refractivity contribution in [1.29, 1.82) is 0 Å². The number of rotatable bonds is 4. The van der Waals surface area contributed by atoms with Crippen LogP contribution in [0.5, 0.6) is 5.75 Å². The molecule has 0 fully saturated rings. The first kappa shape index (κ1) is 19.4. The van der Waals surface area contributed by atoms with E-state index in [2.05, 4.69) is 6.58 Å². The van der Waals surface area contributed by atoms with E-state index < -0.39 is 0 Å². The van der Waals surface area contributed by atoms with Crippen LogP contribution in [0.4, 0.5) is 0 Å². The number of hydrogen-bond donors (Lipinski definition) is 1. The van der Waals surface area contributed by atoms with Gasteiger partial charge in [-0.25, -0.2) is 12.1 Å². The average Bonchev–Trinajstić information content (AvgIpc) is 3.30.